The van der Waals surface area contributed by atoms with E-state index in [1.165, 1.54) is 94.2 Å². The van der Waals surface area contributed by atoms with Crippen LogP contribution in [0.5, 0.6) is 0 Å². The quantitative estimate of drug-likeness (QED) is 0.155. The molecule has 304 valence electrons. The van der Waals surface area contributed by atoms with E-state index in [4.69, 9.17) is 0 Å². The van der Waals surface area contributed by atoms with Gasteiger partial charge in [-0.25, -0.2) is 0 Å². The van der Waals surface area contributed by atoms with Crippen LogP contribution in [0.1, 0.15) is 48.6 Å². The molecule has 1 nitrogen and oxygen atoms in total. The fraction of sp³-hybridized carbons (Fsp3) is 0.0794. The van der Waals surface area contributed by atoms with E-state index >= 15 is 0 Å². The van der Waals surface area contributed by atoms with E-state index < -0.39 is 0 Å². The predicted octanol–water partition coefficient (Wildman–Crippen LogP) is 17.0. The Balaban J connectivity index is 0.956. The van der Waals surface area contributed by atoms with Crippen LogP contribution >= 0.6 is 0 Å². The third-order valence-corrected chi connectivity index (χ3v) is 14.3. The van der Waals surface area contributed by atoms with Crippen molar-refractivity contribution in [2.45, 2.75) is 31.6 Å². The summed E-state index contributed by atoms with van der Waals surface area (Å²) in [5.41, 5.74) is 22.4. The van der Waals surface area contributed by atoms with Crippen molar-refractivity contribution >= 4 is 27.8 Å². The summed E-state index contributed by atoms with van der Waals surface area (Å²) in [7, 11) is 0. The van der Waals surface area contributed by atoms with E-state index in [0.29, 0.717) is 0 Å². The molecule has 12 rings (SSSR count). The summed E-state index contributed by atoms with van der Waals surface area (Å²) in [5.74, 6) is 0. The van der Waals surface area contributed by atoms with Crippen molar-refractivity contribution in [1.82, 2.24) is 0 Å². The molecule has 2 aliphatic carbocycles. The molecule has 0 fully saturated rings. The molecule has 1 atom stereocenters. The SMILES string of the molecule is CC1(C)c2ccccc2-c2cccc(-c3cccc(N(c4ccc(-c5ccc6c(c5)C(C)(c5ccccc5)c5ccccc5-6)cc4)c4ccc(-c5ccc6ccccc6c5)cc4)c3)c21. The first-order valence-electron chi connectivity index (χ1n) is 22.5. The third kappa shape index (κ3) is 5.92. The minimum absolute atomic E-state index is 0.120. The van der Waals surface area contributed by atoms with E-state index in [0.717, 1.165) is 17.1 Å². The van der Waals surface area contributed by atoms with Crippen LogP contribution in [0.4, 0.5) is 17.1 Å². The molecule has 0 aromatic heterocycles. The highest BCUT2D eigenvalue weighted by Gasteiger charge is 2.41. The van der Waals surface area contributed by atoms with Gasteiger partial charge in [-0.2, -0.15) is 0 Å². The highest BCUT2D eigenvalue weighted by atomic mass is 15.1. The van der Waals surface area contributed by atoms with Crippen LogP contribution in [-0.2, 0) is 10.8 Å². The molecule has 0 spiro atoms. The van der Waals surface area contributed by atoms with E-state index in [9.17, 15) is 0 Å². The van der Waals surface area contributed by atoms with Gasteiger partial charge in [-0.05, 0) is 150 Å². The zero-order valence-electron chi connectivity index (χ0n) is 36.4. The monoisotopic (exact) mass is 817 g/mol. The first-order chi connectivity index (χ1) is 31.4. The maximum absolute atomic E-state index is 2.43. The lowest BCUT2D eigenvalue weighted by Gasteiger charge is -2.29. The van der Waals surface area contributed by atoms with Crippen molar-refractivity contribution in [2.24, 2.45) is 0 Å². The highest BCUT2D eigenvalue weighted by molar-refractivity contribution is 5.91. The number of hydrogen-bond donors (Lipinski definition) is 0. The Labute approximate surface area is 376 Å². The van der Waals surface area contributed by atoms with E-state index in [-0.39, 0.29) is 10.8 Å². The van der Waals surface area contributed by atoms with E-state index in [2.05, 4.69) is 256 Å². The summed E-state index contributed by atoms with van der Waals surface area (Å²) in [6.45, 7) is 7.14. The van der Waals surface area contributed by atoms with Crippen molar-refractivity contribution in [3.63, 3.8) is 0 Å². The molecule has 0 saturated heterocycles. The summed E-state index contributed by atoms with van der Waals surface area (Å²) in [5, 5.41) is 2.50. The Morgan fingerprint density at radius 3 is 1.56 bits per heavy atom. The molecule has 0 saturated carbocycles. The second-order valence-corrected chi connectivity index (χ2v) is 18.2. The van der Waals surface area contributed by atoms with Gasteiger partial charge in [0.2, 0.25) is 0 Å². The molecule has 0 heterocycles. The molecule has 0 radical (unpaired) electrons. The normalized spacial score (nSPS) is 15.3. The van der Waals surface area contributed by atoms with Crippen LogP contribution in [0.25, 0.3) is 66.4 Å². The van der Waals surface area contributed by atoms with Gasteiger partial charge in [0, 0.05) is 27.9 Å². The van der Waals surface area contributed by atoms with Gasteiger partial charge in [-0.15, -0.1) is 0 Å². The van der Waals surface area contributed by atoms with Crippen molar-refractivity contribution < 1.29 is 0 Å². The summed E-state index contributed by atoms with van der Waals surface area (Å²) in [4.78, 5) is 2.41. The number of fused-ring (bicyclic) bond motifs is 7. The van der Waals surface area contributed by atoms with Crippen LogP contribution in [0.3, 0.4) is 0 Å². The van der Waals surface area contributed by atoms with E-state index in [1.54, 1.807) is 0 Å². The van der Waals surface area contributed by atoms with Gasteiger partial charge in [0.05, 0.1) is 0 Å². The fourth-order valence-corrected chi connectivity index (χ4v) is 11.1. The van der Waals surface area contributed by atoms with Crippen molar-refractivity contribution in [3.05, 3.63) is 258 Å². The van der Waals surface area contributed by atoms with Crippen molar-refractivity contribution in [1.29, 1.82) is 0 Å². The van der Waals surface area contributed by atoms with Crippen LogP contribution in [-0.4, -0.2) is 0 Å². The zero-order valence-corrected chi connectivity index (χ0v) is 36.4. The summed E-state index contributed by atoms with van der Waals surface area (Å²) < 4.78 is 0. The lowest BCUT2D eigenvalue weighted by Crippen LogP contribution is -2.22. The van der Waals surface area contributed by atoms with Crippen LogP contribution in [0.2, 0.25) is 0 Å². The predicted molar refractivity (Wildman–Crippen MR) is 270 cm³/mol. The number of anilines is 3. The second-order valence-electron chi connectivity index (χ2n) is 18.2. The summed E-state index contributed by atoms with van der Waals surface area (Å²) in [6.07, 6.45) is 0. The van der Waals surface area contributed by atoms with Gasteiger partial charge in [0.1, 0.15) is 0 Å². The lowest BCUT2D eigenvalue weighted by atomic mass is 9.74. The maximum Gasteiger partial charge on any atom is 0.0467 e. The van der Waals surface area contributed by atoms with Gasteiger partial charge in [-0.3, -0.25) is 0 Å². The van der Waals surface area contributed by atoms with Crippen LogP contribution in [0, 0.1) is 0 Å². The molecule has 64 heavy (non-hydrogen) atoms. The Bertz CT molecular complexity index is 3410. The molecule has 0 bridgehead atoms. The van der Waals surface area contributed by atoms with E-state index in [1.807, 2.05) is 0 Å². The molecular formula is C63H47N. The minimum atomic E-state index is -0.249. The first kappa shape index (κ1) is 38.0. The fourth-order valence-electron chi connectivity index (χ4n) is 11.1. The number of rotatable bonds is 7. The second kappa shape index (κ2) is 14.7. The van der Waals surface area contributed by atoms with Gasteiger partial charge in [0.15, 0.2) is 0 Å². The highest BCUT2D eigenvalue weighted by Crippen LogP contribution is 2.54. The third-order valence-electron chi connectivity index (χ3n) is 14.3. The number of benzene rings is 10. The van der Waals surface area contributed by atoms with Gasteiger partial charge < -0.3 is 4.90 Å². The van der Waals surface area contributed by atoms with Crippen molar-refractivity contribution in [3.8, 4) is 55.6 Å². The lowest BCUT2D eigenvalue weighted by molar-refractivity contribution is 0.662. The Morgan fingerprint density at radius 2 is 0.828 bits per heavy atom. The van der Waals surface area contributed by atoms with Gasteiger partial charge in [-0.1, -0.05) is 196 Å². The maximum atomic E-state index is 2.43. The van der Waals surface area contributed by atoms with Crippen LogP contribution in [0.15, 0.2) is 231 Å². The largest absolute Gasteiger partial charge is 0.310 e. The summed E-state index contributed by atoms with van der Waals surface area (Å²) in [6, 6.07) is 85.4. The number of nitrogens with zero attached hydrogens (tertiary/aromatic N) is 1. The topological polar surface area (TPSA) is 3.24 Å². The minimum Gasteiger partial charge on any atom is -0.310 e. The molecule has 0 N–H and O–H groups in total. The Morgan fingerprint density at radius 1 is 0.297 bits per heavy atom. The molecule has 10 aromatic carbocycles. The average molecular weight is 818 g/mol. The van der Waals surface area contributed by atoms with Crippen LogP contribution < -0.4 is 4.90 Å². The summed E-state index contributed by atoms with van der Waals surface area (Å²) >= 11 is 0. The molecular weight excluding hydrogens is 771 g/mol. The Hall–Kier alpha value is -7.74. The average Bonchev–Trinajstić information content (AvgIpc) is 3.76. The molecule has 0 aliphatic heterocycles. The standard InChI is InChI=1S/C63H47N/c1-62(2)58-25-11-9-22-55(58)57-24-14-23-53(61(57)62)48-17-13-20-52(40-48)64(50-34-29-43(30-35-50)46-28-27-42-15-7-8-16-45(42)39-46)51-36-31-44(32-37-51)47-33-38-56-54-21-10-12-26-59(54)63(3,60(56)41-47)49-18-5-4-6-19-49/h4-41H,1-3H3. The molecule has 2 aliphatic rings. The molecule has 0 amide bonds. The van der Waals surface area contributed by atoms with Gasteiger partial charge >= 0.3 is 0 Å². The van der Waals surface area contributed by atoms with Crippen molar-refractivity contribution in [2.75, 3.05) is 4.90 Å². The smallest absolute Gasteiger partial charge is 0.0467 e. The molecule has 10 aromatic rings. The Kier molecular flexibility index (Phi) is 8.71. The first-order valence-corrected chi connectivity index (χ1v) is 22.5. The molecule has 1 heteroatoms. The zero-order chi connectivity index (χ0) is 43.0. The number of hydrogen-bond acceptors (Lipinski definition) is 1. The van der Waals surface area contributed by atoms with Gasteiger partial charge in [0.25, 0.3) is 0 Å². The molecule has 1 unspecified atom stereocenters.